The third-order valence-corrected chi connectivity index (χ3v) is 6.25. The second kappa shape index (κ2) is 6.97. The van der Waals surface area contributed by atoms with E-state index in [0.717, 1.165) is 17.8 Å². The number of sulfonamides is 1. The largest absolute Gasteiger partial charge is 0.362 e. The maximum Gasteiger partial charge on any atom is 0.283 e. The van der Waals surface area contributed by atoms with E-state index in [0.29, 0.717) is 22.8 Å². The number of hydrogen-bond donors (Lipinski definition) is 1. The Kier molecular flexibility index (Phi) is 4.91. The molecule has 1 N–H and O–H groups in total. The van der Waals surface area contributed by atoms with Crippen LogP contribution in [0, 0.1) is 6.92 Å². The summed E-state index contributed by atoms with van der Waals surface area (Å²) in [6.07, 6.45) is 1.59. The van der Waals surface area contributed by atoms with Gasteiger partial charge in [-0.2, -0.15) is 8.42 Å². The SMILES string of the molecule is Cc1ccc(C(=O)Nc2ccc(S(=O)(=O)/N=C3\CCCN3C)cc2)s1. The number of carbonyl (C=O) groups is 1. The van der Waals surface area contributed by atoms with Crippen molar-refractivity contribution in [2.45, 2.75) is 24.7 Å². The molecule has 0 radical (unpaired) electrons. The van der Waals surface area contributed by atoms with Gasteiger partial charge in [0.25, 0.3) is 15.9 Å². The maximum absolute atomic E-state index is 12.4. The molecule has 1 aliphatic heterocycles. The summed E-state index contributed by atoms with van der Waals surface area (Å²) >= 11 is 1.41. The molecule has 0 bridgehead atoms. The van der Waals surface area contributed by atoms with Crippen LogP contribution < -0.4 is 5.32 Å². The first-order valence-electron chi connectivity index (χ1n) is 7.88. The third-order valence-electron chi connectivity index (χ3n) is 3.93. The number of hydrogen-bond acceptors (Lipinski definition) is 4. The Balaban J connectivity index is 1.74. The summed E-state index contributed by atoms with van der Waals surface area (Å²) in [6.45, 7) is 2.76. The lowest BCUT2D eigenvalue weighted by molar-refractivity contribution is 0.103. The summed E-state index contributed by atoms with van der Waals surface area (Å²) in [4.78, 5) is 15.8. The summed E-state index contributed by atoms with van der Waals surface area (Å²) in [5.74, 6) is 0.381. The molecule has 0 unspecified atom stereocenters. The van der Waals surface area contributed by atoms with Crippen LogP contribution in [0.2, 0.25) is 0 Å². The van der Waals surface area contributed by atoms with Crippen LogP contribution in [0.4, 0.5) is 5.69 Å². The molecule has 8 heteroatoms. The molecule has 1 saturated heterocycles. The van der Waals surface area contributed by atoms with Gasteiger partial charge in [0.2, 0.25) is 0 Å². The van der Waals surface area contributed by atoms with Gasteiger partial charge in [-0.05, 0) is 49.7 Å². The van der Waals surface area contributed by atoms with E-state index in [1.807, 2.05) is 24.9 Å². The molecule has 0 spiro atoms. The Morgan fingerprint density at radius 2 is 1.92 bits per heavy atom. The molecule has 3 rings (SSSR count). The fourth-order valence-corrected chi connectivity index (χ4v) is 4.42. The second-order valence-electron chi connectivity index (χ2n) is 5.90. The number of likely N-dealkylation sites (tertiary alicyclic amines) is 1. The number of nitrogens with one attached hydrogen (secondary N) is 1. The molecular weight excluding hydrogens is 358 g/mol. The number of rotatable bonds is 4. The number of anilines is 1. The average Bonchev–Trinajstić information content (AvgIpc) is 3.17. The minimum Gasteiger partial charge on any atom is -0.362 e. The van der Waals surface area contributed by atoms with Crippen molar-refractivity contribution in [3.63, 3.8) is 0 Å². The molecule has 6 nitrogen and oxygen atoms in total. The van der Waals surface area contributed by atoms with Gasteiger partial charge in [0.15, 0.2) is 0 Å². The second-order valence-corrected chi connectivity index (χ2v) is 8.79. The summed E-state index contributed by atoms with van der Waals surface area (Å²) in [5, 5.41) is 2.76. The number of thiophene rings is 1. The molecule has 1 aromatic carbocycles. The Morgan fingerprint density at radius 3 is 2.48 bits per heavy atom. The topological polar surface area (TPSA) is 78.8 Å². The van der Waals surface area contributed by atoms with Crippen molar-refractivity contribution in [1.29, 1.82) is 0 Å². The minimum atomic E-state index is -3.74. The summed E-state index contributed by atoms with van der Waals surface area (Å²) in [7, 11) is -1.90. The molecule has 2 aromatic rings. The highest BCUT2D eigenvalue weighted by Gasteiger charge is 2.20. The van der Waals surface area contributed by atoms with E-state index in [2.05, 4.69) is 9.71 Å². The molecule has 132 valence electrons. The first kappa shape index (κ1) is 17.6. The molecule has 0 atom stereocenters. The van der Waals surface area contributed by atoms with Crippen molar-refractivity contribution >= 4 is 38.8 Å². The number of amidine groups is 1. The van der Waals surface area contributed by atoms with Gasteiger partial charge in [-0.3, -0.25) is 4.79 Å². The third kappa shape index (κ3) is 4.08. The van der Waals surface area contributed by atoms with E-state index in [4.69, 9.17) is 0 Å². The van der Waals surface area contributed by atoms with Crippen LogP contribution in [-0.2, 0) is 10.0 Å². The van der Waals surface area contributed by atoms with Crippen LogP contribution in [0.3, 0.4) is 0 Å². The average molecular weight is 377 g/mol. The molecule has 0 aliphatic carbocycles. The lowest BCUT2D eigenvalue weighted by Gasteiger charge is -2.11. The van der Waals surface area contributed by atoms with Crippen molar-refractivity contribution in [2.24, 2.45) is 4.40 Å². The van der Waals surface area contributed by atoms with Crippen LogP contribution in [-0.4, -0.2) is 38.7 Å². The predicted octanol–water partition coefficient (Wildman–Crippen LogP) is 3.12. The highest BCUT2D eigenvalue weighted by Crippen LogP contribution is 2.21. The molecule has 1 aromatic heterocycles. The van der Waals surface area contributed by atoms with Gasteiger partial charge in [0.1, 0.15) is 5.84 Å². The molecular formula is C17H19N3O3S2. The predicted molar refractivity (Wildman–Crippen MR) is 99.9 cm³/mol. The summed E-state index contributed by atoms with van der Waals surface area (Å²) < 4.78 is 28.7. The van der Waals surface area contributed by atoms with E-state index >= 15 is 0 Å². The Bertz CT molecular complexity index is 915. The van der Waals surface area contributed by atoms with Crippen LogP contribution in [0.5, 0.6) is 0 Å². The lowest BCUT2D eigenvalue weighted by atomic mass is 10.3. The van der Waals surface area contributed by atoms with Gasteiger partial charge in [-0.25, -0.2) is 0 Å². The summed E-state index contributed by atoms with van der Waals surface area (Å²) in [6, 6.07) is 9.72. The molecule has 2 heterocycles. The maximum atomic E-state index is 12.4. The standard InChI is InChI=1S/C17H19N3O3S2/c1-12-5-10-15(24-12)17(21)18-13-6-8-14(9-7-13)25(22,23)19-16-4-3-11-20(16)2/h5-10H,3-4,11H2,1-2H3,(H,18,21)/b19-16+. The number of benzene rings is 1. The molecule has 1 aliphatic rings. The van der Waals surface area contributed by atoms with E-state index in [-0.39, 0.29) is 10.8 Å². The Morgan fingerprint density at radius 1 is 1.20 bits per heavy atom. The van der Waals surface area contributed by atoms with Crippen LogP contribution >= 0.6 is 11.3 Å². The highest BCUT2D eigenvalue weighted by molar-refractivity contribution is 7.90. The van der Waals surface area contributed by atoms with Crippen molar-refractivity contribution in [2.75, 3.05) is 18.9 Å². The molecule has 25 heavy (non-hydrogen) atoms. The fraction of sp³-hybridized carbons (Fsp3) is 0.294. The van der Waals surface area contributed by atoms with Crippen LogP contribution in [0.25, 0.3) is 0 Å². The van der Waals surface area contributed by atoms with Crippen molar-refractivity contribution in [3.8, 4) is 0 Å². The first-order chi connectivity index (χ1) is 11.8. The fourth-order valence-electron chi connectivity index (χ4n) is 2.56. The normalized spacial score (nSPS) is 16.4. The Labute approximate surface area is 151 Å². The number of carbonyl (C=O) groups excluding carboxylic acids is 1. The molecule has 1 amide bonds. The van der Waals surface area contributed by atoms with Gasteiger partial charge in [0.05, 0.1) is 9.77 Å². The van der Waals surface area contributed by atoms with Crippen LogP contribution in [0.15, 0.2) is 45.7 Å². The first-order valence-corrected chi connectivity index (χ1v) is 10.1. The van der Waals surface area contributed by atoms with Crippen molar-refractivity contribution in [3.05, 3.63) is 46.2 Å². The van der Waals surface area contributed by atoms with Gasteiger partial charge < -0.3 is 10.2 Å². The van der Waals surface area contributed by atoms with Gasteiger partial charge in [-0.15, -0.1) is 15.7 Å². The van der Waals surface area contributed by atoms with E-state index in [1.165, 1.54) is 23.5 Å². The van der Waals surface area contributed by atoms with Gasteiger partial charge >= 0.3 is 0 Å². The quantitative estimate of drug-likeness (QED) is 0.888. The lowest BCUT2D eigenvalue weighted by Crippen LogP contribution is -2.20. The number of amides is 1. The Hall–Kier alpha value is -2.19. The zero-order chi connectivity index (χ0) is 18.0. The minimum absolute atomic E-state index is 0.116. The number of nitrogens with zero attached hydrogens (tertiary/aromatic N) is 2. The van der Waals surface area contributed by atoms with E-state index < -0.39 is 10.0 Å². The van der Waals surface area contributed by atoms with Crippen LogP contribution in [0.1, 0.15) is 27.4 Å². The van der Waals surface area contributed by atoms with Gasteiger partial charge in [0, 0.05) is 30.6 Å². The highest BCUT2D eigenvalue weighted by atomic mass is 32.2. The smallest absolute Gasteiger partial charge is 0.283 e. The summed E-state index contributed by atoms with van der Waals surface area (Å²) in [5.41, 5.74) is 0.542. The van der Waals surface area contributed by atoms with Crippen molar-refractivity contribution in [1.82, 2.24) is 4.90 Å². The molecule has 1 fully saturated rings. The zero-order valence-electron chi connectivity index (χ0n) is 14.0. The molecule has 0 saturated carbocycles. The van der Waals surface area contributed by atoms with Crippen molar-refractivity contribution < 1.29 is 13.2 Å². The monoisotopic (exact) mass is 377 g/mol. The van der Waals surface area contributed by atoms with Gasteiger partial charge in [-0.1, -0.05) is 0 Å². The zero-order valence-corrected chi connectivity index (χ0v) is 15.7. The van der Waals surface area contributed by atoms with E-state index in [1.54, 1.807) is 18.2 Å². The van der Waals surface area contributed by atoms with E-state index in [9.17, 15) is 13.2 Å². The number of aryl methyl sites for hydroxylation is 1.